The number of β-lactam (4-membered cyclic amide) rings is 1. The van der Waals surface area contributed by atoms with Gasteiger partial charge in [-0.25, -0.2) is 9.78 Å². The zero-order chi connectivity index (χ0) is 24.8. The van der Waals surface area contributed by atoms with Crippen LogP contribution in [0.25, 0.3) is 0 Å². The second-order valence-corrected chi connectivity index (χ2v) is 10.0. The van der Waals surface area contributed by atoms with Gasteiger partial charge in [-0.1, -0.05) is 39.6 Å². The molecule has 4 heterocycles. The Bertz CT molecular complexity index is 1230. The topological polar surface area (TPSA) is 184 Å². The predicted octanol–water partition coefficient (Wildman–Crippen LogP) is 1.35. The van der Waals surface area contributed by atoms with E-state index in [1.165, 1.54) is 16.8 Å². The monoisotopic (exact) mass is 535 g/mol. The first kappa shape index (κ1) is 23.9. The molecule has 12 nitrogen and oxygen atoms in total. The van der Waals surface area contributed by atoms with Crippen molar-refractivity contribution in [2.45, 2.75) is 35.4 Å². The van der Waals surface area contributed by atoms with Crippen molar-refractivity contribution in [1.29, 1.82) is 0 Å². The van der Waals surface area contributed by atoms with E-state index in [-0.39, 0.29) is 29.9 Å². The van der Waals surface area contributed by atoms with Crippen molar-refractivity contribution in [2.75, 3.05) is 5.73 Å². The van der Waals surface area contributed by atoms with Crippen LogP contribution >= 0.6 is 34.4 Å². The van der Waals surface area contributed by atoms with Gasteiger partial charge in [-0.15, -0.1) is 10.2 Å². The Morgan fingerprint density at radius 1 is 1.38 bits per heavy atom. The van der Waals surface area contributed by atoms with Crippen molar-refractivity contribution in [3.8, 4) is 0 Å². The molecule has 180 valence electrons. The Labute approximate surface area is 199 Å². The first-order valence-electron chi connectivity index (χ1n) is 9.13. The van der Waals surface area contributed by atoms with E-state index in [9.17, 15) is 37.9 Å². The number of nitrogen functional groups attached to an aromatic ring is 1. The molecule has 0 bridgehead atoms. The molecule has 2 atom stereocenters. The number of amides is 2. The molecule has 1 saturated heterocycles. The lowest BCUT2D eigenvalue weighted by Gasteiger charge is -2.49. The van der Waals surface area contributed by atoms with Crippen LogP contribution in [0.15, 0.2) is 25.6 Å². The molecule has 2 aliphatic rings. The van der Waals surface area contributed by atoms with Gasteiger partial charge in [0.05, 0.1) is 6.04 Å². The van der Waals surface area contributed by atoms with Crippen LogP contribution in [0.1, 0.15) is 23.4 Å². The molecule has 18 heteroatoms. The van der Waals surface area contributed by atoms with E-state index in [2.05, 4.69) is 25.7 Å². The summed E-state index contributed by atoms with van der Waals surface area (Å²) in [5.74, 6) is -3.44. The molecule has 0 unspecified atom stereocenters. The van der Waals surface area contributed by atoms with Gasteiger partial charge >= 0.3 is 12.1 Å². The van der Waals surface area contributed by atoms with Crippen molar-refractivity contribution in [1.82, 2.24) is 25.4 Å². The van der Waals surface area contributed by atoms with Crippen LogP contribution in [0.3, 0.4) is 0 Å². The highest BCUT2D eigenvalue weighted by Gasteiger charge is 2.54. The molecule has 2 aromatic rings. The Morgan fingerprint density at radius 2 is 2.12 bits per heavy atom. The van der Waals surface area contributed by atoms with Crippen molar-refractivity contribution in [2.24, 2.45) is 5.16 Å². The van der Waals surface area contributed by atoms with Crippen LogP contribution in [0.5, 0.6) is 0 Å². The number of halogens is 3. The Morgan fingerprint density at radius 3 is 2.71 bits per heavy atom. The number of alkyl halides is 3. The SMILES string of the molecule is Nc1nc(/C(=N\O)C(=O)N[C@@H]2C(=O)N3C(C(=O)O)=C(Sc4nncs4)CC[C@H]23)c(C(F)(F)F)s1. The van der Waals surface area contributed by atoms with E-state index in [1.54, 1.807) is 0 Å². The number of carbonyl (C=O) groups is 3. The zero-order valence-electron chi connectivity index (χ0n) is 16.4. The molecule has 0 spiro atoms. The Kier molecular flexibility index (Phi) is 6.21. The highest BCUT2D eigenvalue weighted by atomic mass is 32.2. The standard InChI is InChI=1S/C16H12F3N7O5S3/c17-16(18,19)10-7(23-14(20)34-10)8(25-31)11(27)22-6-4-1-2-5(33-15-24-21-3-32-15)9(13(29)30)26(4)12(6)28/h3-4,6,31H,1-2H2,(H2,20,23)(H,22,27)(H,29,30)/b25-8+/t4-,6+/m1/s1. The quantitative estimate of drug-likeness (QED) is 0.182. The molecule has 0 radical (unpaired) electrons. The molecular weight excluding hydrogens is 523 g/mol. The van der Waals surface area contributed by atoms with E-state index in [0.717, 1.165) is 16.7 Å². The Hall–Kier alpha value is -3.25. The lowest BCUT2D eigenvalue weighted by Crippen LogP contribution is -2.72. The van der Waals surface area contributed by atoms with Crippen molar-refractivity contribution >= 4 is 63.1 Å². The number of carboxylic acids is 1. The van der Waals surface area contributed by atoms with Crippen LogP contribution in [-0.2, 0) is 20.6 Å². The fourth-order valence-electron chi connectivity index (χ4n) is 3.54. The molecule has 0 saturated carbocycles. The molecule has 5 N–H and O–H groups in total. The van der Waals surface area contributed by atoms with Crippen LogP contribution in [0, 0.1) is 0 Å². The van der Waals surface area contributed by atoms with Crippen LogP contribution in [-0.4, -0.2) is 66.0 Å². The van der Waals surface area contributed by atoms with Gasteiger partial charge in [0.15, 0.2) is 15.2 Å². The second-order valence-electron chi connectivity index (χ2n) is 6.83. The number of oxime groups is 1. The molecular formula is C16H12F3N7O5S3. The fourth-order valence-corrected chi connectivity index (χ4v) is 5.94. The molecule has 0 aliphatic carbocycles. The number of carbonyl (C=O) groups excluding carboxylic acids is 2. The first-order valence-corrected chi connectivity index (χ1v) is 11.6. The molecule has 2 aromatic heterocycles. The summed E-state index contributed by atoms with van der Waals surface area (Å²) in [6.45, 7) is 0. The fraction of sp³-hybridized carbons (Fsp3) is 0.312. The van der Waals surface area contributed by atoms with Gasteiger partial charge < -0.3 is 21.4 Å². The number of fused-ring (bicyclic) bond motifs is 1. The van der Waals surface area contributed by atoms with Crippen molar-refractivity contribution in [3.05, 3.63) is 26.7 Å². The Balaban J connectivity index is 1.55. The summed E-state index contributed by atoms with van der Waals surface area (Å²) in [4.78, 5) is 40.7. The molecule has 34 heavy (non-hydrogen) atoms. The average Bonchev–Trinajstić information content (AvgIpc) is 3.41. The summed E-state index contributed by atoms with van der Waals surface area (Å²) < 4.78 is 40.2. The number of aliphatic carboxylic acids is 1. The summed E-state index contributed by atoms with van der Waals surface area (Å²) in [5.41, 5.74) is 4.47. The van der Waals surface area contributed by atoms with Gasteiger partial charge in [-0.2, -0.15) is 13.2 Å². The minimum Gasteiger partial charge on any atom is -0.477 e. The van der Waals surface area contributed by atoms with Crippen molar-refractivity contribution in [3.63, 3.8) is 0 Å². The first-order chi connectivity index (χ1) is 16.0. The molecule has 2 amide bonds. The number of thiazole rings is 1. The molecule has 1 fully saturated rings. The number of nitrogens with two attached hydrogens (primary N) is 1. The third-order valence-electron chi connectivity index (χ3n) is 4.87. The van der Waals surface area contributed by atoms with Gasteiger partial charge in [0.25, 0.3) is 11.8 Å². The molecule has 2 aliphatic heterocycles. The van der Waals surface area contributed by atoms with Crippen LogP contribution in [0.4, 0.5) is 18.3 Å². The highest BCUT2D eigenvalue weighted by Crippen LogP contribution is 2.43. The van der Waals surface area contributed by atoms with E-state index < -0.39 is 57.5 Å². The number of carboxylic acid groups (broad SMARTS) is 1. The number of hydrogen-bond donors (Lipinski definition) is 4. The van der Waals surface area contributed by atoms with Crippen molar-refractivity contribution < 1.29 is 37.9 Å². The summed E-state index contributed by atoms with van der Waals surface area (Å²) in [6.07, 6.45) is -4.42. The number of anilines is 1. The summed E-state index contributed by atoms with van der Waals surface area (Å²) >= 11 is 2.31. The maximum absolute atomic E-state index is 13.3. The third kappa shape index (κ3) is 4.18. The van der Waals surface area contributed by atoms with Gasteiger partial charge in [0.2, 0.25) is 0 Å². The number of rotatable bonds is 6. The summed E-state index contributed by atoms with van der Waals surface area (Å²) in [5, 5.41) is 30.7. The number of allylic oxidation sites excluding steroid dienone is 1. The average molecular weight is 536 g/mol. The number of aromatic nitrogens is 3. The lowest BCUT2D eigenvalue weighted by molar-refractivity contribution is -0.155. The summed E-state index contributed by atoms with van der Waals surface area (Å²) in [7, 11) is 0. The molecule has 4 rings (SSSR count). The summed E-state index contributed by atoms with van der Waals surface area (Å²) in [6, 6.07) is -2.00. The van der Waals surface area contributed by atoms with Gasteiger partial charge in [-0.05, 0) is 12.8 Å². The number of nitrogens with one attached hydrogen (secondary N) is 1. The zero-order valence-corrected chi connectivity index (χ0v) is 18.9. The number of nitrogens with zero attached hydrogens (tertiary/aromatic N) is 5. The normalized spacial score (nSPS) is 20.7. The van der Waals surface area contributed by atoms with Gasteiger partial charge in [0, 0.05) is 4.91 Å². The van der Waals surface area contributed by atoms with Gasteiger partial charge in [-0.3, -0.25) is 14.5 Å². The maximum atomic E-state index is 13.3. The largest absolute Gasteiger partial charge is 0.477 e. The van der Waals surface area contributed by atoms with Gasteiger partial charge in [0.1, 0.15) is 27.8 Å². The predicted molar refractivity (Wildman–Crippen MR) is 112 cm³/mol. The minimum absolute atomic E-state index is 0.0570. The van der Waals surface area contributed by atoms with E-state index >= 15 is 0 Å². The van der Waals surface area contributed by atoms with E-state index in [0.29, 0.717) is 9.24 Å². The maximum Gasteiger partial charge on any atom is 0.427 e. The number of hydrogen-bond acceptors (Lipinski definition) is 12. The highest BCUT2D eigenvalue weighted by molar-refractivity contribution is 8.04. The van der Waals surface area contributed by atoms with E-state index in [1.807, 2.05) is 0 Å². The minimum atomic E-state index is -4.92. The smallest absolute Gasteiger partial charge is 0.427 e. The third-order valence-corrected chi connectivity index (χ3v) is 7.72. The van der Waals surface area contributed by atoms with Crippen LogP contribution < -0.4 is 11.1 Å². The number of thioether (sulfide) groups is 1. The lowest BCUT2D eigenvalue weighted by atomic mass is 9.86. The second kappa shape index (κ2) is 8.84. The van der Waals surface area contributed by atoms with Crippen LogP contribution in [0.2, 0.25) is 0 Å². The van der Waals surface area contributed by atoms with E-state index in [4.69, 9.17) is 5.73 Å². The molecule has 0 aromatic carbocycles.